The number of hydrogen-bond donors (Lipinski definition) is 0. The molecule has 1 aliphatic rings. The fraction of sp³-hybridized carbons (Fsp3) is 0.368. The Morgan fingerprint density at radius 3 is 2.10 bits per heavy atom. The van der Waals surface area contributed by atoms with Gasteiger partial charge in [-0.1, -0.05) is 25.5 Å². The first-order valence-corrected chi connectivity index (χ1v) is 10.9. The lowest BCUT2D eigenvalue weighted by atomic mass is 10.1. The van der Waals surface area contributed by atoms with E-state index in [1.165, 1.54) is 16.4 Å². The minimum absolute atomic E-state index is 0.160. The molecule has 0 bridgehead atoms. The lowest BCUT2D eigenvalue weighted by molar-refractivity contribution is -0.393. The van der Waals surface area contributed by atoms with Gasteiger partial charge in [0.05, 0.1) is 20.8 Å². The number of nitro benzene ring substituents is 2. The van der Waals surface area contributed by atoms with Gasteiger partial charge in [0.1, 0.15) is 5.69 Å². The molecule has 0 N–H and O–H groups in total. The first kappa shape index (κ1) is 21.7. The fourth-order valence-corrected chi connectivity index (χ4v) is 4.90. The molecule has 0 atom stereocenters. The summed E-state index contributed by atoms with van der Waals surface area (Å²) in [5.74, 6) is 0. The van der Waals surface area contributed by atoms with Crippen LogP contribution >= 0.6 is 0 Å². The molecule has 1 heterocycles. The predicted octanol–water partition coefficient (Wildman–Crippen LogP) is 2.97. The number of nitrogens with zero attached hydrogens (tertiary/aromatic N) is 4. The number of rotatable bonds is 7. The number of piperazine rings is 1. The van der Waals surface area contributed by atoms with Gasteiger partial charge in [-0.15, -0.1) is 0 Å². The van der Waals surface area contributed by atoms with Crippen LogP contribution < -0.4 is 4.90 Å². The molecule has 0 amide bonds. The molecular formula is C19H22N4O6S. The second-order valence-corrected chi connectivity index (χ2v) is 8.91. The average molecular weight is 434 g/mol. The smallest absolute Gasteiger partial charge is 0.299 e. The summed E-state index contributed by atoms with van der Waals surface area (Å²) in [5.41, 5.74) is 0.587. The molecule has 1 fully saturated rings. The Labute approximate surface area is 174 Å². The standard InChI is InChI=1S/C19H22N4O6S/c1-2-3-15-4-7-17(8-5-15)30(28,29)21-12-10-20(11-13-21)18-9-6-16(22(24)25)14-19(18)23(26)27/h4-9,14H,2-3,10-13H2,1H3. The summed E-state index contributed by atoms with van der Waals surface area (Å²) in [7, 11) is -3.66. The lowest BCUT2D eigenvalue weighted by Crippen LogP contribution is -2.48. The number of benzene rings is 2. The van der Waals surface area contributed by atoms with Gasteiger partial charge in [0.2, 0.25) is 10.0 Å². The number of aryl methyl sites for hydroxylation is 1. The Morgan fingerprint density at radius 2 is 1.57 bits per heavy atom. The Bertz CT molecular complexity index is 1050. The summed E-state index contributed by atoms with van der Waals surface area (Å²) >= 11 is 0. The minimum Gasteiger partial charge on any atom is -0.363 e. The number of anilines is 1. The van der Waals surface area contributed by atoms with Gasteiger partial charge >= 0.3 is 0 Å². The van der Waals surface area contributed by atoms with Crippen LogP contribution in [0.1, 0.15) is 18.9 Å². The zero-order valence-corrected chi connectivity index (χ0v) is 17.2. The van der Waals surface area contributed by atoms with Crippen molar-refractivity contribution in [1.82, 2.24) is 4.31 Å². The van der Waals surface area contributed by atoms with Crippen LogP contribution in [0.2, 0.25) is 0 Å². The Morgan fingerprint density at radius 1 is 0.933 bits per heavy atom. The van der Waals surface area contributed by atoms with Crippen molar-refractivity contribution >= 4 is 27.1 Å². The maximum Gasteiger partial charge on any atom is 0.299 e. The SMILES string of the molecule is CCCc1ccc(S(=O)(=O)N2CCN(c3ccc([N+](=O)[O-])cc3[N+](=O)[O-])CC2)cc1. The van der Waals surface area contributed by atoms with Gasteiger partial charge in [-0.25, -0.2) is 8.42 Å². The monoisotopic (exact) mass is 434 g/mol. The Kier molecular flexibility index (Phi) is 6.32. The van der Waals surface area contributed by atoms with E-state index in [1.54, 1.807) is 17.0 Å². The summed E-state index contributed by atoms with van der Waals surface area (Å²) in [6.07, 6.45) is 1.86. The molecule has 30 heavy (non-hydrogen) atoms. The van der Waals surface area contributed by atoms with Gasteiger partial charge in [0, 0.05) is 32.2 Å². The van der Waals surface area contributed by atoms with E-state index in [0.29, 0.717) is 0 Å². The lowest BCUT2D eigenvalue weighted by Gasteiger charge is -2.35. The molecule has 1 saturated heterocycles. The van der Waals surface area contributed by atoms with Gasteiger partial charge in [-0.3, -0.25) is 20.2 Å². The normalized spacial score (nSPS) is 15.2. The molecule has 1 aliphatic heterocycles. The number of hydrogen-bond acceptors (Lipinski definition) is 7. The van der Waals surface area contributed by atoms with Crippen LogP contribution in [0.3, 0.4) is 0 Å². The molecule has 10 nitrogen and oxygen atoms in total. The van der Waals surface area contributed by atoms with Crippen molar-refractivity contribution in [1.29, 1.82) is 0 Å². The first-order valence-electron chi connectivity index (χ1n) is 9.51. The Balaban J connectivity index is 1.76. The van der Waals surface area contributed by atoms with Crippen LogP contribution in [0.4, 0.5) is 17.1 Å². The third-order valence-corrected chi connectivity index (χ3v) is 6.96. The maximum atomic E-state index is 12.9. The molecule has 0 aliphatic carbocycles. The van der Waals surface area contributed by atoms with Crippen LogP contribution in [-0.4, -0.2) is 48.7 Å². The quantitative estimate of drug-likeness (QED) is 0.484. The van der Waals surface area contributed by atoms with E-state index in [0.717, 1.165) is 24.5 Å². The van der Waals surface area contributed by atoms with E-state index in [4.69, 9.17) is 0 Å². The second kappa shape index (κ2) is 8.76. The molecule has 0 aromatic heterocycles. The van der Waals surface area contributed by atoms with Gasteiger partial charge in [0.15, 0.2) is 0 Å². The third kappa shape index (κ3) is 4.41. The number of non-ortho nitro benzene ring substituents is 1. The third-order valence-electron chi connectivity index (χ3n) is 5.05. The zero-order chi connectivity index (χ0) is 21.9. The van der Waals surface area contributed by atoms with E-state index >= 15 is 0 Å². The van der Waals surface area contributed by atoms with Gasteiger partial charge in [0.25, 0.3) is 11.4 Å². The maximum absolute atomic E-state index is 12.9. The molecule has 0 radical (unpaired) electrons. The van der Waals surface area contributed by atoms with Crippen molar-refractivity contribution in [3.05, 3.63) is 68.3 Å². The highest BCUT2D eigenvalue weighted by Gasteiger charge is 2.31. The van der Waals surface area contributed by atoms with Gasteiger partial charge in [-0.2, -0.15) is 4.31 Å². The molecular weight excluding hydrogens is 412 g/mol. The van der Waals surface area contributed by atoms with E-state index in [9.17, 15) is 28.6 Å². The Hall–Kier alpha value is -3.05. The number of sulfonamides is 1. The van der Waals surface area contributed by atoms with Crippen LogP contribution in [0.5, 0.6) is 0 Å². The summed E-state index contributed by atoms with van der Waals surface area (Å²) < 4.78 is 27.2. The highest BCUT2D eigenvalue weighted by molar-refractivity contribution is 7.89. The van der Waals surface area contributed by atoms with E-state index in [1.807, 2.05) is 12.1 Å². The molecule has 3 rings (SSSR count). The van der Waals surface area contributed by atoms with E-state index in [-0.39, 0.29) is 48.1 Å². The summed E-state index contributed by atoms with van der Waals surface area (Å²) in [4.78, 5) is 22.8. The van der Waals surface area contributed by atoms with Crippen LogP contribution in [-0.2, 0) is 16.4 Å². The predicted molar refractivity (Wildman–Crippen MR) is 111 cm³/mol. The van der Waals surface area contributed by atoms with Crippen LogP contribution in [0.25, 0.3) is 0 Å². The van der Waals surface area contributed by atoms with Crippen molar-refractivity contribution in [3.8, 4) is 0 Å². The molecule has 0 saturated carbocycles. The molecule has 0 spiro atoms. The summed E-state index contributed by atoms with van der Waals surface area (Å²) in [6, 6.07) is 10.3. The minimum atomic E-state index is -3.66. The topological polar surface area (TPSA) is 127 Å². The molecule has 0 unspecified atom stereocenters. The fourth-order valence-electron chi connectivity index (χ4n) is 3.47. The molecule has 11 heteroatoms. The summed E-state index contributed by atoms with van der Waals surface area (Å²) in [6.45, 7) is 2.86. The van der Waals surface area contributed by atoms with Crippen molar-refractivity contribution in [2.24, 2.45) is 0 Å². The van der Waals surface area contributed by atoms with E-state index < -0.39 is 19.9 Å². The first-order chi connectivity index (χ1) is 14.2. The van der Waals surface area contributed by atoms with Gasteiger partial charge < -0.3 is 4.90 Å². The molecule has 2 aromatic rings. The van der Waals surface area contributed by atoms with E-state index in [2.05, 4.69) is 6.92 Å². The van der Waals surface area contributed by atoms with Crippen molar-refractivity contribution in [3.63, 3.8) is 0 Å². The van der Waals surface area contributed by atoms with Crippen molar-refractivity contribution < 1.29 is 18.3 Å². The number of nitro groups is 2. The van der Waals surface area contributed by atoms with Crippen molar-refractivity contribution in [2.45, 2.75) is 24.7 Å². The molecule has 2 aromatic carbocycles. The molecule has 160 valence electrons. The largest absolute Gasteiger partial charge is 0.363 e. The zero-order valence-electron chi connectivity index (χ0n) is 16.4. The highest BCUT2D eigenvalue weighted by Crippen LogP contribution is 2.33. The highest BCUT2D eigenvalue weighted by atomic mass is 32.2. The second-order valence-electron chi connectivity index (χ2n) is 6.97. The average Bonchev–Trinajstić information content (AvgIpc) is 2.74. The van der Waals surface area contributed by atoms with Gasteiger partial charge in [-0.05, 0) is 30.2 Å². The summed E-state index contributed by atoms with van der Waals surface area (Å²) in [5, 5.41) is 22.3. The van der Waals surface area contributed by atoms with Crippen LogP contribution in [0, 0.1) is 20.2 Å². The van der Waals surface area contributed by atoms with Crippen LogP contribution in [0.15, 0.2) is 47.4 Å². The van der Waals surface area contributed by atoms with Crippen molar-refractivity contribution in [2.75, 3.05) is 31.1 Å².